The van der Waals surface area contributed by atoms with E-state index in [1.54, 1.807) is 6.07 Å². The molecule has 0 radical (unpaired) electrons. The lowest BCUT2D eigenvalue weighted by molar-refractivity contribution is -0.144. The van der Waals surface area contributed by atoms with Crippen molar-refractivity contribution in [2.45, 2.75) is 53.7 Å². The highest BCUT2D eigenvalue weighted by molar-refractivity contribution is 6.07. The third kappa shape index (κ3) is 4.44. The van der Waals surface area contributed by atoms with Gasteiger partial charge in [-0.1, -0.05) is 44.2 Å². The molecule has 32 heavy (non-hydrogen) atoms. The lowest BCUT2D eigenvalue weighted by atomic mass is 10.0. The van der Waals surface area contributed by atoms with Gasteiger partial charge in [0.25, 0.3) is 0 Å². The predicted molar refractivity (Wildman–Crippen MR) is 125 cm³/mol. The summed E-state index contributed by atoms with van der Waals surface area (Å²) in [7, 11) is 0. The Bertz CT molecular complexity index is 1350. The van der Waals surface area contributed by atoms with E-state index in [-0.39, 0.29) is 19.0 Å². The molecule has 2 heterocycles. The van der Waals surface area contributed by atoms with Crippen molar-refractivity contribution in [3.8, 4) is 0 Å². The van der Waals surface area contributed by atoms with Gasteiger partial charge in [0.15, 0.2) is 0 Å². The summed E-state index contributed by atoms with van der Waals surface area (Å²) in [6.45, 7) is 9.22. The van der Waals surface area contributed by atoms with Crippen LogP contribution in [-0.4, -0.2) is 15.7 Å². The van der Waals surface area contributed by atoms with Gasteiger partial charge in [0, 0.05) is 35.7 Å². The van der Waals surface area contributed by atoms with Gasteiger partial charge in [0.1, 0.15) is 12.2 Å². The summed E-state index contributed by atoms with van der Waals surface area (Å²) in [6, 6.07) is 13.0. The Morgan fingerprint density at radius 1 is 1.16 bits per heavy atom. The Hall–Kier alpha value is -3.41. The number of fused-ring (bicyclic) bond motifs is 3. The number of aryl methyl sites for hydroxylation is 1. The highest BCUT2D eigenvalue weighted by Gasteiger charge is 2.16. The van der Waals surface area contributed by atoms with Gasteiger partial charge in [-0.3, -0.25) is 9.48 Å². The number of hydrogen-bond acceptors (Lipinski definition) is 5. The van der Waals surface area contributed by atoms with Crippen LogP contribution in [0.3, 0.4) is 0 Å². The summed E-state index contributed by atoms with van der Waals surface area (Å²) in [5, 5.41) is 7.41. The number of rotatable bonds is 7. The summed E-state index contributed by atoms with van der Waals surface area (Å²) >= 11 is 0. The van der Waals surface area contributed by atoms with Crippen LogP contribution in [0.2, 0.25) is 0 Å². The number of hydrogen-bond donors (Lipinski definition) is 0. The van der Waals surface area contributed by atoms with Crippen LogP contribution in [0.1, 0.15) is 42.8 Å². The van der Waals surface area contributed by atoms with Gasteiger partial charge < -0.3 is 9.15 Å². The van der Waals surface area contributed by atoms with Crippen LogP contribution < -0.4 is 5.63 Å². The molecule has 0 saturated carbocycles. The minimum absolute atomic E-state index is 0.0273. The molecule has 0 saturated heterocycles. The van der Waals surface area contributed by atoms with Crippen LogP contribution in [0, 0.1) is 19.8 Å². The number of carbonyl (C=O) groups excluding carboxylic acids is 1. The Morgan fingerprint density at radius 2 is 1.94 bits per heavy atom. The summed E-state index contributed by atoms with van der Waals surface area (Å²) < 4.78 is 13.0. The second-order valence-electron chi connectivity index (χ2n) is 8.64. The maximum absolute atomic E-state index is 12.5. The first-order valence-corrected chi connectivity index (χ1v) is 11.0. The first-order valence-electron chi connectivity index (χ1n) is 11.0. The van der Waals surface area contributed by atoms with Gasteiger partial charge >= 0.3 is 11.6 Å². The van der Waals surface area contributed by atoms with Gasteiger partial charge in [0.05, 0.1) is 5.69 Å². The maximum atomic E-state index is 12.5. The number of benzene rings is 2. The van der Waals surface area contributed by atoms with Gasteiger partial charge in [-0.05, 0) is 48.6 Å². The van der Waals surface area contributed by atoms with Crippen molar-refractivity contribution in [2.75, 3.05) is 0 Å². The molecule has 0 atom stereocenters. The minimum Gasteiger partial charge on any atom is -0.461 e. The maximum Gasteiger partial charge on any atom is 0.336 e. The molecule has 0 aliphatic carbocycles. The van der Waals surface area contributed by atoms with Gasteiger partial charge in [-0.25, -0.2) is 4.79 Å². The molecule has 0 aliphatic rings. The van der Waals surface area contributed by atoms with Crippen LogP contribution in [-0.2, 0) is 29.1 Å². The van der Waals surface area contributed by atoms with E-state index >= 15 is 0 Å². The summed E-state index contributed by atoms with van der Waals surface area (Å²) in [4.78, 5) is 24.6. The lowest BCUT2D eigenvalue weighted by Gasteiger charge is -2.10. The number of ether oxygens (including phenoxy) is 1. The Kier molecular flexibility index (Phi) is 6.12. The van der Waals surface area contributed by atoms with Crippen LogP contribution in [0.4, 0.5) is 0 Å². The summed E-state index contributed by atoms with van der Waals surface area (Å²) in [5.74, 6) is 0.197. The third-order valence-electron chi connectivity index (χ3n) is 5.75. The second kappa shape index (κ2) is 8.99. The van der Waals surface area contributed by atoms with Crippen molar-refractivity contribution < 1.29 is 13.9 Å². The van der Waals surface area contributed by atoms with E-state index in [0.29, 0.717) is 23.5 Å². The number of carbonyl (C=O) groups is 1. The third-order valence-corrected chi connectivity index (χ3v) is 5.75. The van der Waals surface area contributed by atoms with Gasteiger partial charge in [-0.15, -0.1) is 0 Å². The molecule has 4 rings (SSSR count). The molecule has 0 spiro atoms. The van der Waals surface area contributed by atoms with E-state index in [9.17, 15) is 9.59 Å². The molecule has 6 nitrogen and oxygen atoms in total. The second-order valence-corrected chi connectivity index (χ2v) is 8.64. The summed E-state index contributed by atoms with van der Waals surface area (Å²) in [6.07, 6.45) is 0.838. The zero-order valence-corrected chi connectivity index (χ0v) is 19.0. The fourth-order valence-corrected chi connectivity index (χ4v) is 4.21. The monoisotopic (exact) mass is 432 g/mol. The lowest BCUT2D eigenvalue weighted by Crippen LogP contribution is -2.10. The average molecular weight is 433 g/mol. The first kappa shape index (κ1) is 21.8. The average Bonchev–Trinajstić information content (AvgIpc) is 3.01. The van der Waals surface area contributed by atoms with E-state index in [2.05, 4.69) is 18.9 Å². The van der Waals surface area contributed by atoms with Crippen molar-refractivity contribution in [3.05, 3.63) is 75.4 Å². The number of aromatic nitrogens is 2. The number of esters is 1. The van der Waals surface area contributed by atoms with Gasteiger partial charge in [0.2, 0.25) is 0 Å². The molecule has 6 heteroatoms. The van der Waals surface area contributed by atoms with E-state index in [1.807, 2.05) is 48.9 Å². The van der Waals surface area contributed by atoms with E-state index in [1.165, 1.54) is 6.07 Å². The molecular formula is C26H28N2O4. The molecule has 0 aliphatic heterocycles. The Balaban J connectivity index is 1.50. The normalized spacial score (nSPS) is 11.5. The SMILES string of the molecule is Cc1nn(CC(C)C)c(C)c1CCC(=O)OCc1cc(=O)oc2ccc3ccccc3c12. The largest absolute Gasteiger partial charge is 0.461 e. The molecule has 0 fully saturated rings. The quantitative estimate of drug-likeness (QED) is 0.231. The molecule has 0 amide bonds. The Morgan fingerprint density at radius 3 is 2.72 bits per heavy atom. The minimum atomic E-state index is -0.456. The molecular weight excluding hydrogens is 404 g/mol. The molecule has 4 aromatic rings. The molecule has 166 valence electrons. The molecule has 2 aromatic carbocycles. The fraction of sp³-hybridized carbons (Fsp3) is 0.346. The molecule has 0 bridgehead atoms. The topological polar surface area (TPSA) is 74.3 Å². The van der Waals surface area contributed by atoms with Crippen molar-refractivity contribution in [1.29, 1.82) is 0 Å². The standard InChI is InChI=1S/C26H28N2O4/c1-16(2)14-28-18(4)21(17(3)27-28)10-12-24(29)31-15-20-13-25(30)32-23-11-9-19-7-5-6-8-22(19)26(20)23/h5-9,11,13,16H,10,12,14-15H2,1-4H3. The smallest absolute Gasteiger partial charge is 0.336 e. The van der Waals surface area contributed by atoms with Gasteiger partial charge in [-0.2, -0.15) is 5.10 Å². The van der Waals surface area contributed by atoms with Crippen LogP contribution in [0.15, 0.2) is 51.7 Å². The summed E-state index contributed by atoms with van der Waals surface area (Å²) in [5.41, 5.74) is 3.84. The zero-order valence-electron chi connectivity index (χ0n) is 19.0. The van der Waals surface area contributed by atoms with Crippen LogP contribution in [0.5, 0.6) is 0 Å². The predicted octanol–water partition coefficient (Wildman–Crippen LogP) is 5.09. The van der Waals surface area contributed by atoms with E-state index in [4.69, 9.17) is 9.15 Å². The Labute approximate surface area is 186 Å². The van der Waals surface area contributed by atoms with Crippen LogP contribution >= 0.6 is 0 Å². The molecule has 0 unspecified atom stereocenters. The fourth-order valence-electron chi connectivity index (χ4n) is 4.21. The van der Waals surface area contributed by atoms with E-state index < -0.39 is 5.63 Å². The molecule has 0 N–H and O–H groups in total. The van der Waals surface area contributed by atoms with Crippen molar-refractivity contribution >= 4 is 27.7 Å². The first-order chi connectivity index (χ1) is 15.3. The number of nitrogens with zero attached hydrogens (tertiary/aromatic N) is 2. The van der Waals surface area contributed by atoms with E-state index in [0.717, 1.165) is 39.7 Å². The van der Waals surface area contributed by atoms with Crippen LogP contribution in [0.25, 0.3) is 21.7 Å². The van der Waals surface area contributed by atoms with Crippen molar-refractivity contribution in [2.24, 2.45) is 5.92 Å². The highest BCUT2D eigenvalue weighted by Crippen LogP contribution is 2.28. The highest BCUT2D eigenvalue weighted by atomic mass is 16.5. The van der Waals surface area contributed by atoms with Crippen molar-refractivity contribution in [1.82, 2.24) is 9.78 Å². The van der Waals surface area contributed by atoms with Crippen molar-refractivity contribution in [3.63, 3.8) is 0 Å². The molecule has 2 aromatic heterocycles. The zero-order chi connectivity index (χ0) is 22.8.